The minimum absolute atomic E-state index is 0.352. The molecule has 0 saturated heterocycles. The first-order valence-electron chi connectivity index (χ1n) is 9.71. The number of aromatic nitrogens is 1. The molecular formula is C23H29N5. The zero-order valence-corrected chi connectivity index (χ0v) is 17.6. The average molecular weight is 376 g/mol. The third kappa shape index (κ3) is 4.35. The smallest absolute Gasteiger partial charge is 0.143 e. The summed E-state index contributed by atoms with van der Waals surface area (Å²) in [6.45, 7) is 9.01. The molecule has 0 N–H and O–H groups in total. The Morgan fingerprint density at radius 1 is 1.18 bits per heavy atom. The van der Waals surface area contributed by atoms with E-state index in [1.807, 2.05) is 19.2 Å². The van der Waals surface area contributed by atoms with Crippen LogP contribution in [0, 0.1) is 19.8 Å². The second-order valence-electron chi connectivity index (χ2n) is 7.70. The van der Waals surface area contributed by atoms with Gasteiger partial charge in [-0.1, -0.05) is 19.1 Å². The Hall–Kier alpha value is -2.82. The number of aryl methyl sites for hydroxylation is 2. The quantitative estimate of drug-likeness (QED) is 0.390. The number of anilines is 1. The van der Waals surface area contributed by atoms with Gasteiger partial charge in [0.25, 0.3) is 0 Å². The summed E-state index contributed by atoms with van der Waals surface area (Å²) < 4.78 is 0. The lowest BCUT2D eigenvalue weighted by molar-refractivity contribution is 0.545. The number of azo groups is 1. The third-order valence-electron chi connectivity index (χ3n) is 5.34. The van der Waals surface area contributed by atoms with Gasteiger partial charge in [-0.15, -0.1) is 10.2 Å². The molecular weight excluding hydrogens is 346 g/mol. The maximum Gasteiger partial charge on any atom is 0.143 e. The molecule has 28 heavy (non-hydrogen) atoms. The van der Waals surface area contributed by atoms with Crippen molar-refractivity contribution in [3.8, 4) is 0 Å². The van der Waals surface area contributed by atoms with Crippen LogP contribution in [0.4, 0.5) is 11.4 Å². The highest BCUT2D eigenvalue weighted by Crippen LogP contribution is 2.33. The first-order chi connectivity index (χ1) is 13.4. The normalized spacial score (nSPS) is 19.1. The molecule has 3 rings (SSSR count). The number of amidine groups is 1. The lowest BCUT2D eigenvalue weighted by atomic mass is 9.82. The molecule has 1 aliphatic rings. The number of hydrogen-bond acceptors (Lipinski definition) is 4. The second-order valence-corrected chi connectivity index (χ2v) is 7.70. The molecule has 2 aromatic rings. The summed E-state index contributed by atoms with van der Waals surface area (Å²) in [5.74, 6) is 1.45. The van der Waals surface area contributed by atoms with Gasteiger partial charge in [0.1, 0.15) is 5.84 Å². The predicted octanol–water partition coefficient (Wildman–Crippen LogP) is 5.71. The van der Waals surface area contributed by atoms with Crippen LogP contribution in [-0.2, 0) is 0 Å². The van der Waals surface area contributed by atoms with Crippen LogP contribution in [0.5, 0.6) is 0 Å². The van der Waals surface area contributed by atoms with Crippen molar-refractivity contribution in [1.29, 1.82) is 0 Å². The lowest BCUT2D eigenvalue weighted by Crippen LogP contribution is -2.16. The summed E-state index contributed by atoms with van der Waals surface area (Å²) in [7, 11) is 4.10. The van der Waals surface area contributed by atoms with Crippen LogP contribution in [0.15, 0.2) is 51.8 Å². The van der Waals surface area contributed by atoms with Crippen molar-refractivity contribution >= 4 is 23.3 Å². The SMILES string of the molecule is CC(N=Nc1cc(C)c(N(C)C)cc1C)=NCC1C=Cc2ncccc2C1C. The Labute approximate surface area is 167 Å². The fourth-order valence-electron chi connectivity index (χ4n) is 3.56. The standard InChI is InChI=1S/C23H29N5/c1-15-13-23(28(5)6)16(2)12-22(15)27-26-18(4)25-14-19-9-10-21-20(17(19)3)8-7-11-24-21/h7-13,17,19H,14H2,1-6H3. The average Bonchev–Trinajstić information content (AvgIpc) is 2.67. The van der Waals surface area contributed by atoms with Crippen LogP contribution in [0.3, 0.4) is 0 Å². The summed E-state index contributed by atoms with van der Waals surface area (Å²) in [5.41, 5.74) is 6.75. The number of rotatable bonds is 4. The van der Waals surface area contributed by atoms with Gasteiger partial charge >= 0.3 is 0 Å². The van der Waals surface area contributed by atoms with Gasteiger partial charge in [-0.05, 0) is 67.7 Å². The van der Waals surface area contributed by atoms with Crippen LogP contribution in [0.2, 0.25) is 0 Å². The van der Waals surface area contributed by atoms with Crippen molar-refractivity contribution in [2.24, 2.45) is 21.1 Å². The van der Waals surface area contributed by atoms with Gasteiger partial charge in [-0.3, -0.25) is 9.98 Å². The summed E-state index contributed by atoms with van der Waals surface area (Å²) in [5, 5.41) is 8.78. The molecule has 0 fully saturated rings. The lowest BCUT2D eigenvalue weighted by Gasteiger charge is -2.24. The number of fused-ring (bicyclic) bond motifs is 1. The zero-order chi connectivity index (χ0) is 20.3. The van der Waals surface area contributed by atoms with E-state index in [-0.39, 0.29) is 0 Å². The highest BCUT2D eigenvalue weighted by atomic mass is 15.1. The largest absolute Gasteiger partial charge is 0.377 e. The molecule has 0 spiro atoms. The zero-order valence-electron chi connectivity index (χ0n) is 17.6. The van der Waals surface area contributed by atoms with E-state index in [1.165, 1.54) is 16.8 Å². The molecule has 2 unspecified atom stereocenters. The number of nitrogens with zero attached hydrogens (tertiary/aromatic N) is 5. The Balaban J connectivity index is 1.69. The molecule has 146 valence electrons. The minimum atomic E-state index is 0.352. The van der Waals surface area contributed by atoms with Crippen LogP contribution < -0.4 is 4.90 Å². The molecule has 2 atom stereocenters. The molecule has 5 nitrogen and oxygen atoms in total. The van der Waals surface area contributed by atoms with E-state index in [2.05, 4.69) is 90.3 Å². The number of aliphatic imine (C=N–C) groups is 1. The Morgan fingerprint density at radius 3 is 2.71 bits per heavy atom. The highest BCUT2D eigenvalue weighted by molar-refractivity contribution is 5.80. The molecule has 0 aliphatic heterocycles. The van der Waals surface area contributed by atoms with E-state index in [0.717, 1.165) is 16.9 Å². The maximum absolute atomic E-state index is 4.66. The van der Waals surface area contributed by atoms with E-state index in [0.29, 0.717) is 24.2 Å². The van der Waals surface area contributed by atoms with Crippen LogP contribution in [0.1, 0.15) is 42.1 Å². The van der Waals surface area contributed by atoms with Crippen LogP contribution in [-0.4, -0.2) is 31.5 Å². The molecule has 0 radical (unpaired) electrons. The Bertz CT molecular complexity index is 940. The van der Waals surface area contributed by atoms with E-state index < -0.39 is 0 Å². The van der Waals surface area contributed by atoms with Gasteiger partial charge in [0.15, 0.2) is 0 Å². The number of benzene rings is 1. The van der Waals surface area contributed by atoms with Gasteiger partial charge in [0, 0.05) is 38.4 Å². The second kappa shape index (κ2) is 8.46. The first-order valence-corrected chi connectivity index (χ1v) is 9.71. The van der Waals surface area contributed by atoms with E-state index in [1.54, 1.807) is 0 Å². The van der Waals surface area contributed by atoms with E-state index >= 15 is 0 Å². The van der Waals surface area contributed by atoms with E-state index in [4.69, 9.17) is 0 Å². The molecule has 1 aromatic carbocycles. The van der Waals surface area contributed by atoms with Crippen molar-refractivity contribution in [2.75, 3.05) is 25.5 Å². The molecule has 0 amide bonds. The topological polar surface area (TPSA) is 53.2 Å². The van der Waals surface area contributed by atoms with Crippen molar-refractivity contribution in [2.45, 2.75) is 33.6 Å². The number of pyridine rings is 1. The predicted molar refractivity (Wildman–Crippen MR) is 118 cm³/mol. The summed E-state index contributed by atoms with van der Waals surface area (Å²) in [6.07, 6.45) is 6.15. The van der Waals surface area contributed by atoms with Gasteiger partial charge in [-0.2, -0.15) is 0 Å². The molecule has 1 heterocycles. The summed E-state index contributed by atoms with van der Waals surface area (Å²) in [4.78, 5) is 11.2. The molecule has 1 aliphatic carbocycles. The minimum Gasteiger partial charge on any atom is -0.377 e. The van der Waals surface area contributed by atoms with Gasteiger partial charge < -0.3 is 4.90 Å². The first kappa shape index (κ1) is 19.9. The molecule has 5 heteroatoms. The fourth-order valence-corrected chi connectivity index (χ4v) is 3.56. The molecule has 1 aromatic heterocycles. The van der Waals surface area contributed by atoms with Gasteiger partial charge in [0.2, 0.25) is 0 Å². The van der Waals surface area contributed by atoms with Crippen molar-refractivity contribution in [3.63, 3.8) is 0 Å². The highest BCUT2D eigenvalue weighted by Gasteiger charge is 2.22. The number of hydrogen-bond donors (Lipinski definition) is 0. The van der Waals surface area contributed by atoms with Crippen LogP contribution in [0.25, 0.3) is 6.08 Å². The van der Waals surface area contributed by atoms with Crippen molar-refractivity contribution < 1.29 is 0 Å². The van der Waals surface area contributed by atoms with E-state index in [9.17, 15) is 0 Å². The summed E-state index contributed by atoms with van der Waals surface area (Å²) in [6, 6.07) is 8.38. The van der Waals surface area contributed by atoms with Crippen molar-refractivity contribution in [3.05, 3.63) is 58.9 Å². The monoisotopic (exact) mass is 375 g/mol. The van der Waals surface area contributed by atoms with Gasteiger partial charge in [0.05, 0.1) is 11.4 Å². The Morgan fingerprint density at radius 2 is 1.96 bits per heavy atom. The van der Waals surface area contributed by atoms with Crippen LogP contribution >= 0.6 is 0 Å². The fraction of sp³-hybridized carbons (Fsp3) is 0.391. The Kier molecular flexibility index (Phi) is 6.02. The molecule has 0 saturated carbocycles. The maximum atomic E-state index is 4.66. The van der Waals surface area contributed by atoms with Crippen molar-refractivity contribution in [1.82, 2.24) is 4.98 Å². The summed E-state index contributed by atoms with van der Waals surface area (Å²) >= 11 is 0. The van der Waals surface area contributed by atoms with Gasteiger partial charge in [-0.25, -0.2) is 0 Å². The third-order valence-corrected chi connectivity index (χ3v) is 5.34. The molecule has 0 bridgehead atoms.